The van der Waals surface area contributed by atoms with E-state index in [4.69, 9.17) is 10.5 Å². The Labute approximate surface area is 136 Å². The molecule has 0 saturated heterocycles. The molecule has 0 fully saturated rings. The first-order valence-corrected chi connectivity index (χ1v) is 7.73. The van der Waals surface area contributed by atoms with E-state index in [1.54, 1.807) is 13.8 Å². The van der Waals surface area contributed by atoms with Gasteiger partial charge in [0, 0.05) is 6.42 Å². The van der Waals surface area contributed by atoms with Crippen LogP contribution in [0.1, 0.15) is 32.3 Å². The lowest BCUT2D eigenvalue weighted by Gasteiger charge is -2.18. The van der Waals surface area contributed by atoms with E-state index in [2.05, 4.69) is 5.32 Å². The van der Waals surface area contributed by atoms with Gasteiger partial charge in [0.05, 0.1) is 12.5 Å². The third kappa shape index (κ3) is 6.95. The number of amides is 2. The molecule has 0 aliphatic carbocycles. The molecule has 1 aromatic carbocycles. The minimum absolute atomic E-state index is 0.130. The number of hydrogen-bond acceptors (Lipinski definition) is 4. The molecule has 0 radical (unpaired) electrons. The van der Waals surface area contributed by atoms with Gasteiger partial charge in [-0.15, -0.1) is 0 Å². The van der Waals surface area contributed by atoms with Crippen LogP contribution in [-0.2, 0) is 25.5 Å². The molecule has 6 nitrogen and oxygen atoms in total. The van der Waals surface area contributed by atoms with Gasteiger partial charge in [0.1, 0.15) is 6.04 Å². The molecule has 0 spiro atoms. The maximum atomic E-state index is 12.0. The van der Waals surface area contributed by atoms with Crippen LogP contribution in [0.2, 0.25) is 0 Å². The lowest BCUT2D eigenvalue weighted by atomic mass is 10.0. The van der Waals surface area contributed by atoms with E-state index in [1.807, 2.05) is 30.3 Å². The third-order valence-electron chi connectivity index (χ3n) is 3.44. The van der Waals surface area contributed by atoms with E-state index in [1.165, 1.54) is 0 Å². The van der Waals surface area contributed by atoms with Gasteiger partial charge in [-0.3, -0.25) is 14.4 Å². The van der Waals surface area contributed by atoms with Gasteiger partial charge in [0.25, 0.3) is 0 Å². The summed E-state index contributed by atoms with van der Waals surface area (Å²) in [6.45, 7) is 3.62. The van der Waals surface area contributed by atoms with Gasteiger partial charge in [0.15, 0.2) is 0 Å². The van der Waals surface area contributed by atoms with Gasteiger partial charge in [-0.1, -0.05) is 37.3 Å². The van der Waals surface area contributed by atoms with Crippen LogP contribution in [0.3, 0.4) is 0 Å². The predicted molar refractivity (Wildman–Crippen MR) is 86.3 cm³/mol. The molecule has 23 heavy (non-hydrogen) atoms. The fraction of sp³-hybridized carbons (Fsp3) is 0.471. The fourth-order valence-corrected chi connectivity index (χ4v) is 2.15. The molecule has 3 N–H and O–H groups in total. The van der Waals surface area contributed by atoms with E-state index in [9.17, 15) is 14.4 Å². The number of rotatable bonds is 9. The van der Waals surface area contributed by atoms with Crippen LogP contribution in [0.25, 0.3) is 0 Å². The Morgan fingerprint density at radius 1 is 1.22 bits per heavy atom. The average molecular weight is 320 g/mol. The third-order valence-corrected chi connectivity index (χ3v) is 3.44. The highest BCUT2D eigenvalue weighted by Crippen LogP contribution is 2.09. The summed E-state index contributed by atoms with van der Waals surface area (Å²) in [7, 11) is 0. The second kappa shape index (κ2) is 9.61. The number of carbonyl (C=O) groups excluding carboxylic acids is 3. The van der Waals surface area contributed by atoms with Crippen molar-refractivity contribution in [2.75, 3.05) is 6.61 Å². The predicted octanol–water partition coefficient (Wildman–Crippen LogP) is 1.18. The second-order valence-electron chi connectivity index (χ2n) is 5.40. The Morgan fingerprint density at radius 2 is 1.87 bits per heavy atom. The first kappa shape index (κ1) is 18.7. The van der Waals surface area contributed by atoms with Gasteiger partial charge < -0.3 is 15.8 Å². The van der Waals surface area contributed by atoms with Crippen LogP contribution in [-0.4, -0.2) is 30.4 Å². The SMILES string of the molecule is CCOC(=O)[C@@H](C)C[C@H](NC(=O)CCc1ccccc1)C(N)=O. The topological polar surface area (TPSA) is 98.5 Å². The molecular formula is C17H24N2O4. The smallest absolute Gasteiger partial charge is 0.308 e. The second-order valence-corrected chi connectivity index (χ2v) is 5.40. The minimum atomic E-state index is -0.877. The normalized spacial score (nSPS) is 13.0. The van der Waals surface area contributed by atoms with E-state index < -0.39 is 23.8 Å². The van der Waals surface area contributed by atoms with Crippen molar-refractivity contribution >= 4 is 17.8 Å². The summed E-state index contributed by atoms with van der Waals surface area (Å²) in [6.07, 6.45) is 0.957. The molecule has 0 aliphatic heterocycles. The molecule has 0 aliphatic rings. The first-order chi connectivity index (χ1) is 10.9. The molecule has 0 heterocycles. The molecule has 0 saturated carbocycles. The molecule has 1 rings (SSSR count). The quantitative estimate of drug-likeness (QED) is 0.667. The minimum Gasteiger partial charge on any atom is -0.466 e. The zero-order valence-electron chi connectivity index (χ0n) is 13.6. The first-order valence-electron chi connectivity index (χ1n) is 7.73. The molecular weight excluding hydrogens is 296 g/mol. The molecule has 1 aromatic rings. The molecule has 0 aromatic heterocycles. The van der Waals surface area contributed by atoms with Crippen LogP contribution in [0.15, 0.2) is 30.3 Å². The summed E-state index contributed by atoms with van der Waals surface area (Å²) in [5.74, 6) is -1.85. The van der Waals surface area contributed by atoms with Gasteiger partial charge in [0.2, 0.25) is 11.8 Å². The molecule has 2 amide bonds. The Morgan fingerprint density at radius 3 is 2.43 bits per heavy atom. The molecule has 0 unspecified atom stereocenters. The number of primary amides is 1. The van der Waals surface area contributed by atoms with Gasteiger partial charge in [-0.25, -0.2) is 0 Å². The summed E-state index contributed by atoms with van der Waals surface area (Å²) < 4.78 is 4.89. The van der Waals surface area contributed by atoms with Gasteiger partial charge in [-0.05, 0) is 25.3 Å². The zero-order chi connectivity index (χ0) is 17.2. The summed E-state index contributed by atoms with van der Waals surface area (Å²) in [6, 6.07) is 8.70. The Kier molecular flexibility index (Phi) is 7.80. The van der Waals surface area contributed by atoms with Crippen LogP contribution in [0, 0.1) is 5.92 Å². The summed E-state index contributed by atoms with van der Waals surface area (Å²) in [5, 5.41) is 2.59. The van der Waals surface area contributed by atoms with E-state index in [0.717, 1.165) is 5.56 Å². The van der Waals surface area contributed by atoms with Crippen LogP contribution in [0.4, 0.5) is 0 Å². The van der Waals surface area contributed by atoms with Crippen molar-refractivity contribution in [1.29, 1.82) is 0 Å². The lowest BCUT2D eigenvalue weighted by molar-refractivity contribution is -0.148. The van der Waals surface area contributed by atoms with Crippen LogP contribution >= 0.6 is 0 Å². The maximum Gasteiger partial charge on any atom is 0.308 e. The number of carbonyl (C=O) groups is 3. The number of ether oxygens (including phenoxy) is 1. The van der Waals surface area contributed by atoms with E-state index in [-0.39, 0.29) is 25.4 Å². The zero-order valence-corrected chi connectivity index (χ0v) is 13.6. The number of hydrogen-bond donors (Lipinski definition) is 2. The highest BCUT2D eigenvalue weighted by Gasteiger charge is 2.25. The van der Waals surface area contributed by atoms with Crippen molar-refractivity contribution in [2.45, 2.75) is 39.2 Å². The molecule has 2 atom stereocenters. The molecule has 126 valence electrons. The highest BCUT2D eigenvalue weighted by atomic mass is 16.5. The van der Waals surface area contributed by atoms with E-state index in [0.29, 0.717) is 6.42 Å². The van der Waals surface area contributed by atoms with Crippen molar-refractivity contribution in [1.82, 2.24) is 5.32 Å². The van der Waals surface area contributed by atoms with Gasteiger partial charge in [-0.2, -0.15) is 0 Å². The summed E-state index contributed by atoms with van der Waals surface area (Å²) >= 11 is 0. The number of esters is 1. The fourth-order valence-electron chi connectivity index (χ4n) is 2.15. The maximum absolute atomic E-state index is 12.0. The van der Waals surface area contributed by atoms with E-state index >= 15 is 0 Å². The largest absolute Gasteiger partial charge is 0.466 e. The standard InChI is InChI=1S/C17H24N2O4/c1-3-23-17(22)12(2)11-14(16(18)21)19-15(20)10-9-13-7-5-4-6-8-13/h4-8,12,14H,3,9-11H2,1-2H3,(H2,18,21)(H,19,20)/t12-,14-/m0/s1. The van der Waals surface area contributed by atoms with Crippen molar-refractivity contribution in [2.24, 2.45) is 11.7 Å². The van der Waals surface area contributed by atoms with Crippen molar-refractivity contribution in [3.8, 4) is 0 Å². The number of aryl methyl sites for hydroxylation is 1. The lowest BCUT2D eigenvalue weighted by Crippen LogP contribution is -2.46. The van der Waals surface area contributed by atoms with Gasteiger partial charge >= 0.3 is 5.97 Å². The van der Waals surface area contributed by atoms with Crippen molar-refractivity contribution < 1.29 is 19.1 Å². The summed E-state index contributed by atoms with van der Waals surface area (Å²) in [5.41, 5.74) is 6.35. The Bertz CT molecular complexity index is 531. The Balaban J connectivity index is 2.50. The average Bonchev–Trinajstić information content (AvgIpc) is 2.53. The number of nitrogens with two attached hydrogens (primary N) is 1. The van der Waals surface area contributed by atoms with Crippen LogP contribution in [0.5, 0.6) is 0 Å². The highest BCUT2D eigenvalue weighted by molar-refractivity contribution is 5.87. The number of nitrogens with one attached hydrogen (secondary N) is 1. The van der Waals surface area contributed by atoms with Crippen molar-refractivity contribution in [3.05, 3.63) is 35.9 Å². The van der Waals surface area contributed by atoms with Crippen LogP contribution < -0.4 is 11.1 Å². The number of benzene rings is 1. The summed E-state index contributed by atoms with van der Waals surface area (Å²) in [4.78, 5) is 35.1. The Hall–Kier alpha value is -2.37. The van der Waals surface area contributed by atoms with Crippen molar-refractivity contribution in [3.63, 3.8) is 0 Å². The molecule has 6 heteroatoms. The monoisotopic (exact) mass is 320 g/mol. The molecule has 0 bridgehead atoms.